The van der Waals surface area contributed by atoms with Crippen LogP contribution in [0.15, 0.2) is 66.0 Å². The standard InChI is InChI=1S/C24H21F3N4O3S/c1-2-33-13-14-34-23-29-21(16-5-7-17(8-6-16)24(25,26)27)31(30-23)19-11-9-18(10-12-19)28-22(32)20-4-3-15-35-20/h3-12,15H,2,13-14H2,1H3,(H,28,32). The normalized spacial score (nSPS) is 11.4. The van der Waals surface area contributed by atoms with Crippen LogP contribution in [-0.4, -0.2) is 40.5 Å². The number of benzene rings is 2. The minimum Gasteiger partial charge on any atom is -0.460 e. The average molecular weight is 503 g/mol. The fraction of sp³-hybridized carbons (Fsp3) is 0.208. The van der Waals surface area contributed by atoms with Crippen LogP contribution in [0.1, 0.15) is 22.2 Å². The Kier molecular flexibility index (Phi) is 7.47. The second-order valence-corrected chi connectivity index (χ2v) is 8.18. The first-order chi connectivity index (χ1) is 16.8. The van der Waals surface area contributed by atoms with Gasteiger partial charge in [-0.05, 0) is 54.8 Å². The zero-order valence-corrected chi connectivity index (χ0v) is 19.4. The van der Waals surface area contributed by atoms with E-state index in [2.05, 4.69) is 15.4 Å². The summed E-state index contributed by atoms with van der Waals surface area (Å²) in [4.78, 5) is 17.2. The molecule has 0 saturated heterocycles. The maximum atomic E-state index is 13.0. The van der Waals surface area contributed by atoms with Gasteiger partial charge in [-0.2, -0.15) is 18.2 Å². The highest BCUT2D eigenvalue weighted by Crippen LogP contribution is 2.31. The summed E-state index contributed by atoms with van der Waals surface area (Å²) >= 11 is 1.34. The number of thiophene rings is 1. The lowest BCUT2D eigenvalue weighted by atomic mass is 10.1. The molecular formula is C24H21F3N4O3S. The molecule has 4 rings (SSSR count). The van der Waals surface area contributed by atoms with Crippen molar-refractivity contribution in [3.05, 3.63) is 76.5 Å². The fourth-order valence-corrected chi connectivity index (χ4v) is 3.77. The van der Waals surface area contributed by atoms with E-state index >= 15 is 0 Å². The number of rotatable bonds is 9. The molecule has 4 aromatic rings. The molecule has 1 amide bonds. The molecule has 11 heteroatoms. The summed E-state index contributed by atoms with van der Waals surface area (Å²) in [5, 5.41) is 9.01. The Balaban J connectivity index is 1.60. The molecule has 0 spiro atoms. The van der Waals surface area contributed by atoms with Crippen molar-refractivity contribution in [1.29, 1.82) is 0 Å². The van der Waals surface area contributed by atoms with E-state index in [0.29, 0.717) is 40.9 Å². The van der Waals surface area contributed by atoms with Crippen LogP contribution in [-0.2, 0) is 10.9 Å². The number of halogens is 3. The quantitative estimate of drug-likeness (QED) is 0.298. The summed E-state index contributed by atoms with van der Waals surface area (Å²) in [7, 11) is 0. The summed E-state index contributed by atoms with van der Waals surface area (Å²) in [5.41, 5.74) is 0.837. The number of carbonyl (C=O) groups excluding carboxylic acids is 1. The number of ether oxygens (including phenoxy) is 2. The molecule has 2 aromatic carbocycles. The average Bonchev–Trinajstić information content (AvgIpc) is 3.53. The third-order valence-electron chi connectivity index (χ3n) is 4.84. The number of hydrogen-bond acceptors (Lipinski definition) is 6. The Morgan fingerprint density at radius 3 is 2.43 bits per heavy atom. The fourth-order valence-electron chi connectivity index (χ4n) is 3.15. The van der Waals surface area contributed by atoms with Crippen LogP contribution in [0.5, 0.6) is 6.01 Å². The van der Waals surface area contributed by atoms with Gasteiger partial charge in [0.05, 0.1) is 22.7 Å². The molecule has 0 radical (unpaired) electrons. The molecule has 0 aliphatic carbocycles. The minimum atomic E-state index is -4.44. The van der Waals surface area contributed by atoms with Crippen LogP contribution >= 0.6 is 11.3 Å². The van der Waals surface area contributed by atoms with Crippen molar-refractivity contribution in [2.75, 3.05) is 25.1 Å². The summed E-state index contributed by atoms with van der Waals surface area (Å²) in [6.07, 6.45) is -4.44. The molecule has 35 heavy (non-hydrogen) atoms. The number of amides is 1. The van der Waals surface area contributed by atoms with E-state index in [-0.39, 0.29) is 18.5 Å². The Hall–Kier alpha value is -3.70. The molecule has 1 N–H and O–H groups in total. The molecule has 0 saturated carbocycles. The number of nitrogens with zero attached hydrogens (tertiary/aromatic N) is 3. The highest BCUT2D eigenvalue weighted by molar-refractivity contribution is 7.12. The van der Waals surface area contributed by atoms with E-state index < -0.39 is 11.7 Å². The van der Waals surface area contributed by atoms with Gasteiger partial charge < -0.3 is 14.8 Å². The zero-order valence-electron chi connectivity index (χ0n) is 18.6. The topological polar surface area (TPSA) is 78.3 Å². The Morgan fingerprint density at radius 2 is 1.80 bits per heavy atom. The molecule has 182 valence electrons. The smallest absolute Gasteiger partial charge is 0.416 e. The Bertz CT molecular complexity index is 1250. The van der Waals surface area contributed by atoms with Gasteiger partial charge in [-0.25, -0.2) is 4.68 Å². The molecule has 0 fully saturated rings. The van der Waals surface area contributed by atoms with Gasteiger partial charge in [0.25, 0.3) is 5.91 Å². The molecule has 0 unspecified atom stereocenters. The second kappa shape index (κ2) is 10.7. The van der Waals surface area contributed by atoms with Crippen molar-refractivity contribution in [2.24, 2.45) is 0 Å². The maximum absolute atomic E-state index is 13.0. The first-order valence-electron chi connectivity index (χ1n) is 10.7. The van der Waals surface area contributed by atoms with E-state index in [4.69, 9.17) is 9.47 Å². The van der Waals surface area contributed by atoms with Gasteiger partial charge in [-0.3, -0.25) is 4.79 Å². The summed E-state index contributed by atoms with van der Waals surface area (Å²) in [5.74, 6) is 0.0874. The van der Waals surface area contributed by atoms with Gasteiger partial charge in [0.2, 0.25) is 0 Å². The summed E-state index contributed by atoms with van der Waals surface area (Å²) in [6, 6.07) is 15.1. The van der Waals surface area contributed by atoms with Gasteiger partial charge in [0.15, 0.2) is 5.82 Å². The van der Waals surface area contributed by atoms with Gasteiger partial charge in [0.1, 0.15) is 6.61 Å². The van der Waals surface area contributed by atoms with Crippen LogP contribution in [0.2, 0.25) is 0 Å². The van der Waals surface area contributed by atoms with Gasteiger partial charge in [-0.1, -0.05) is 18.2 Å². The van der Waals surface area contributed by atoms with Crippen molar-refractivity contribution < 1.29 is 27.4 Å². The third kappa shape index (κ3) is 6.06. The predicted molar refractivity (Wildman–Crippen MR) is 126 cm³/mol. The van der Waals surface area contributed by atoms with Crippen molar-refractivity contribution in [2.45, 2.75) is 13.1 Å². The first kappa shape index (κ1) is 24.4. The number of carbonyl (C=O) groups is 1. The lowest BCUT2D eigenvalue weighted by molar-refractivity contribution is -0.137. The predicted octanol–water partition coefficient (Wildman–Crippen LogP) is 5.68. The van der Waals surface area contributed by atoms with Gasteiger partial charge >= 0.3 is 12.2 Å². The molecule has 7 nitrogen and oxygen atoms in total. The van der Waals surface area contributed by atoms with Crippen LogP contribution in [0.25, 0.3) is 17.1 Å². The van der Waals surface area contributed by atoms with E-state index in [1.807, 2.05) is 12.3 Å². The molecule has 2 aromatic heterocycles. The van der Waals surface area contributed by atoms with E-state index in [9.17, 15) is 18.0 Å². The van der Waals surface area contributed by atoms with E-state index in [1.54, 1.807) is 36.4 Å². The number of hydrogen-bond donors (Lipinski definition) is 1. The molecule has 0 atom stereocenters. The first-order valence-corrected chi connectivity index (χ1v) is 11.5. The largest absolute Gasteiger partial charge is 0.460 e. The van der Waals surface area contributed by atoms with Crippen LogP contribution in [0, 0.1) is 0 Å². The molecular weight excluding hydrogens is 481 g/mol. The van der Waals surface area contributed by atoms with E-state index in [1.165, 1.54) is 28.2 Å². The van der Waals surface area contributed by atoms with Crippen molar-refractivity contribution in [3.63, 3.8) is 0 Å². The van der Waals surface area contributed by atoms with E-state index in [0.717, 1.165) is 12.1 Å². The monoisotopic (exact) mass is 502 g/mol. The van der Waals surface area contributed by atoms with Gasteiger partial charge in [-0.15, -0.1) is 16.4 Å². The second-order valence-electron chi connectivity index (χ2n) is 7.23. The Labute approximate surface area is 203 Å². The number of nitrogens with one attached hydrogen (secondary N) is 1. The Morgan fingerprint density at radius 1 is 1.06 bits per heavy atom. The number of aromatic nitrogens is 3. The lowest BCUT2D eigenvalue weighted by Gasteiger charge is -2.09. The highest BCUT2D eigenvalue weighted by atomic mass is 32.1. The van der Waals surface area contributed by atoms with Crippen molar-refractivity contribution in [1.82, 2.24) is 14.8 Å². The van der Waals surface area contributed by atoms with Crippen LogP contribution < -0.4 is 10.1 Å². The molecule has 0 bridgehead atoms. The number of alkyl halides is 3. The summed E-state index contributed by atoms with van der Waals surface area (Å²) in [6.45, 7) is 2.97. The molecule has 2 heterocycles. The third-order valence-corrected chi connectivity index (χ3v) is 5.70. The van der Waals surface area contributed by atoms with Crippen molar-refractivity contribution >= 4 is 22.9 Å². The zero-order chi connectivity index (χ0) is 24.8. The van der Waals surface area contributed by atoms with Crippen LogP contribution in [0.3, 0.4) is 0 Å². The lowest BCUT2D eigenvalue weighted by Crippen LogP contribution is -2.10. The maximum Gasteiger partial charge on any atom is 0.416 e. The summed E-state index contributed by atoms with van der Waals surface area (Å²) < 4.78 is 51.3. The number of anilines is 1. The minimum absolute atomic E-state index is 0.0645. The van der Waals surface area contributed by atoms with Crippen molar-refractivity contribution in [3.8, 4) is 23.1 Å². The molecule has 0 aliphatic rings. The highest BCUT2D eigenvalue weighted by Gasteiger charge is 2.30. The molecule has 0 aliphatic heterocycles. The SMILES string of the molecule is CCOCCOc1nc(-c2ccc(C(F)(F)F)cc2)n(-c2ccc(NC(=O)c3cccs3)cc2)n1. The van der Waals surface area contributed by atoms with Gasteiger partial charge in [0, 0.05) is 17.9 Å². The van der Waals surface area contributed by atoms with Crippen LogP contribution in [0.4, 0.5) is 18.9 Å².